The lowest BCUT2D eigenvalue weighted by atomic mass is 10.1. The lowest BCUT2D eigenvalue weighted by Crippen LogP contribution is -2.47. The third kappa shape index (κ3) is 4.63. The molecular weight excluding hydrogens is 460 g/mol. The van der Waals surface area contributed by atoms with Crippen LogP contribution in [-0.4, -0.2) is 53.2 Å². The van der Waals surface area contributed by atoms with Crippen molar-refractivity contribution in [1.29, 1.82) is 0 Å². The first-order valence-corrected chi connectivity index (χ1v) is 11.0. The Hall–Kier alpha value is -3.76. The van der Waals surface area contributed by atoms with Gasteiger partial charge in [0.2, 0.25) is 5.91 Å². The van der Waals surface area contributed by atoms with Crippen LogP contribution in [-0.2, 0) is 11.3 Å². The number of carbonyl (C=O) groups excluding carboxylic acids is 3. The number of para-hydroxylation sites is 1. The summed E-state index contributed by atoms with van der Waals surface area (Å²) in [6.07, 6.45) is 1.77. The molecule has 0 bridgehead atoms. The molecule has 1 fully saturated rings. The molecule has 11 heteroatoms. The molecule has 2 aromatic carbocycles. The maximum absolute atomic E-state index is 13.1. The van der Waals surface area contributed by atoms with Gasteiger partial charge in [0, 0.05) is 41.3 Å². The molecule has 1 aliphatic heterocycles. The van der Waals surface area contributed by atoms with Crippen molar-refractivity contribution >= 4 is 46.2 Å². The van der Waals surface area contributed by atoms with Crippen molar-refractivity contribution in [1.82, 2.24) is 14.8 Å². The van der Waals surface area contributed by atoms with Gasteiger partial charge >= 0.3 is 12.1 Å². The van der Waals surface area contributed by atoms with Crippen molar-refractivity contribution in [2.24, 2.45) is 11.5 Å². The Labute approximate surface area is 200 Å². The molecule has 6 N–H and O–H groups in total. The maximum atomic E-state index is 13.1. The molecule has 178 valence electrons. The van der Waals surface area contributed by atoms with E-state index in [1.54, 1.807) is 42.5 Å². The van der Waals surface area contributed by atoms with Gasteiger partial charge in [-0.15, -0.1) is 0 Å². The Morgan fingerprint density at radius 2 is 1.97 bits per heavy atom. The molecule has 2 heterocycles. The molecule has 2 atom stereocenters. The van der Waals surface area contributed by atoms with Gasteiger partial charge in [-0.3, -0.25) is 9.36 Å². The number of fused-ring (bicyclic) bond motifs is 1. The van der Waals surface area contributed by atoms with Crippen molar-refractivity contribution in [2.45, 2.75) is 25.0 Å². The second-order valence-electron chi connectivity index (χ2n) is 8.04. The number of anilines is 1. The van der Waals surface area contributed by atoms with E-state index in [0.717, 1.165) is 0 Å². The number of aromatic nitrogens is 1. The summed E-state index contributed by atoms with van der Waals surface area (Å²) in [7, 11) is 1.53. The van der Waals surface area contributed by atoms with Crippen LogP contribution in [0, 0.1) is 0 Å². The van der Waals surface area contributed by atoms with E-state index < -0.39 is 18.1 Å². The zero-order valence-corrected chi connectivity index (χ0v) is 19.2. The van der Waals surface area contributed by atoms with Gasteiger partial charge in [0.1, 0.15) is 11.8 Å². The van der Waals surface area contributed by atoms with E-state index in [4.69, 9.17) is 27.8 Å². The SMILES string of the molecule is COc1ccc(Cl)cc1CNC(=O)[C@@H]1C[C@H](N)CN1C(=O)Nc1cn(C(N)=O)c2ccccc12. The van der Waals surface area contributed by atoms with Crippen LogP contribution < -0.4 is 26.8 Å². The van der Waals surface area contributed by atoms with Crippen LogP contribution in [0.25, 0.3) is 10.9 Å². The van der Waals surface area contributed by atoms with Crippen molar-refractivity contribution in [3.63, 3.8) is 0 Å². The van der Waals surface area contributed by atoms with Crippen molar-refractivity contribution in [2.75, 3.05) is 19.0 Å². The predicted octanol–water partition coefficient (Wildman–Crippen LogP) is 2.48. The van der Waals surface area contributed by atoms with Gasteiger partial charge in [0.25, 0.3) is 0 Å². The number of ether oxygens (including phenoxy) is 1. The van der Waals surface area contributed by atoms with Crippen molar-refractivity contribution in [3.05, 3.63) is 59.2 Å². The smallest absolute Gasteiger partial charge is 0.323 e. The third-order valence-electron chi connectivity index (χ3n) is 5.78. The summed E-state index contributed by atoms with van der Waals surface area (Å²) < 4.78 is 6.57. The quantitative estimate of drug-likeness (QED) is 0.439. The molecule has 1 saturated heterocycles. The second kappa shape index (κ2) is 9.62. The number of primary amides is 1. The largest absolute Gasteiger partial charge is 0.496 e. The average Bonchev–Trinajstić information content (AvgIpc) is 3.39. The molecule has 4 amide bonds. The van der Waals surface area contributed by atoms with Gasteiger partial charge < -0.3 is 31.7 Å². The minimum atomic E-state index is -0.760. The van der Waals surface area contributed by atoms with Crippen LogP contribution in [0.2, 0.25) is 5.02 Å². The topological polar surface area (TPSA) is 145 Å². The van der Waals surface area contributed by atoms with Crippen LogP contribution >= 0.6 is 11.6 Å². The van der Waals surface area contributed by atoms with Gasteiger partial charge in [-0.1, -0.05) is 29.8 Å². The first-order valence-electron chi connectivity index (χ1n) is 10.6. The van der Waals surface area contributed by atoms with Gasteiger partial charge in [-0.05, 0) is 30.7 Å². The highest BCUT2D eigenvalue weighted by Crippen LogP contribution is 2.27. The Kier molecular flexibility index (Phi) is 6.62. The minimum Gasteiger partial charge on any atom is -0.496 e. The fraction of sp³-hybridized carbons (Fsp3) is 0.261. The molecule has 0 unspecified atom stereocenters. The third-order valence-corrected chi connectivity index (χ3v) is 6.02. The summed E-state index contributed by atoms with van der Waals surface area (Å²) >= 11 is 6.06. The molecule has 1 aliphatic rings. The summed E-state index contributed by atoms with van der Waals surface area (Å²) in [5.74, 6) is 0.248. The number of amides is 4. The first kappa shape index (κ1) is 23.4. The average molecular weight is 485 g/mol. The van der Waals surface area contributed by atoms with E-state index in [1.807, 2.05) is 0 Å². The number of methoxy groups -OCH3 is 1. The number of nitrogens with zero attached hydrogens (tertiary/aromatic N) is 2. The van der Waals surface area contributed by atoms with Gasteiger partial charge in [0.15, 0.2) is 0 Å². The lowest BCUT2D eigenvalue weighted by Gasteiger charge is -2.24. The van der Waals surface area contributed by atoms with Crippen molar-refractivity contribution in [3.8, 4) is 5.75 Å². The molecule has 10 nitrogen and oxygen atoms in total. The number of nitrogens with one attached hydrogen (secondary N) is 2. The number of nitrogens with two attached hydrogens (primary N) is 2. The fourth-order valence-corrected chi connectivity index (χ4v) is 4.37. The molecule has 0 saturated carbocycles. The number of carbonyl (C=O) groups is 3. The summed E-state index contributed by atoms with van der Waals surface area (Å²) in [5.41, 5.74) is 13.2. The lowest BCUT2D eigenvalue weighted by molar-refractivity contribution is -0.124. The Balaban J connectivity index is 1.50. The van der Waals surface area contributed by atoms with Gasteiger partial charge in [-0.2, -0.15) is 0 Å². The molecule has 4 rings (SSSR count). The highest BCUT2D eigenvalue weighted by atomic mass is 35.5. The minimum absolute atomic E-state index is 0.176. The van der Waals surface area contributed by atoms with Gasteiger partial charge in [-0.25, -0.2) is 9.59 Å². The molecule has 0 spiro atoms. The molecule has 0 radical (unpaired) electrons. The summed E-state index contributed by atoms with van der Waals surface area (Å²) in [6.45, 7) is 0.384. The monoisotopic (exact) mass is 484 g/mol. The number of likely N-dealkylation sites (tertiary alicyclic amines) is 1. The Morgan fingerprint density at radius 3 is 2.71 bits per heavy atom. The second-order valence-corrected chi connectivity index (χ2v) is 8.47. The zero-order valence-electron chi connectivity index (χ0n) is 18.5. The number of hydrogen-bond donors (Lipinski definition) is 4. The van der Waals surface area contributed by atoms with Crippen LogP contribution in [0.1, 0.15) is 12.0 Å². The predicted molar refractivity (Wildman–Crippen MR) is 129 cm³/mol. The Bertz CT molecular complexity index is 1260. The highest BCUT2D eigenvalue weighted by molar-refractivity contribution is 6.30. The number of hydrogen-bond acceptors (Lipinski definition) is 5. The highest BCUT2D eigenvalue weighted by Gasteiger charge is 2.38. The van der Waals surface area contributed by atoms with E-state index in [-0.39, 0.29) is 25.0 Å². The number of halogens is 1. The van der Waals surface area contributed by atoms with Crippen molar-refractivity contribution < 1.29 is 19.1 Å². The summed E-state index contributed by atoms with van der Waals surface area (Å²) in [5, 5.41) is 6.80. The van der Waals surface area contributed by atoms with Crippen LogP contribution in [0.15, 0.2) is 48.7 Å². The van der Waals surface area contributed by atoms with Crippen LogP contribution in [0.3, 0.4) is 0 Å². The molecular formula is C23H25ClN6O4. The number of benzene rings is 2. The maximum Gasteiger partial charge on any atom is 0.323 e. The zero-order chi connectivity index (χ0) is 24.4. The van der Waals surface area contributed by atoms with E-state index in [1.165, 1.54) is 22.8 Å². The van der Waals surface area contributed by atoms with Crippen LogP contribution in [0.5, 0.6) is 5.75 Å². The van der Waals surface area contributed by atoms with E-state index in [0.29, 0.717) is 39.3 Å². The molecule has 34 heavy (non-hydrogen) atoms. The fourth-order valence-electron chi connectivity index (χ4n) is 4.18. The van der Waals surface area contributed by atoms with Gasteiger partial charge in [0.05, 0.1) is 18.3 Å². The summed E-state index contributed by atoms with van der Waals surface area (Å²) in [4.78, 5) is 39.3. The van der Waals surface area contributed by atoms with Crippen LogP contribution in [0.4, 0.5) is 15.3 Å². The van der Waals surface area contributed by atoms with E-state index in [9.17, 15) is 14.4 Å². The summed E-state index contributed by atoms with van der Waals surface area (Å²) in [6, 6.07) is 9.89. The molecule has 0 aliphatic carbocycles. The normalized spacial score (nSPS) is 17.6. The Morgan fingerprint density at radius 1 is 1.21 bits per heavy atom. The number of urea groups is 1. The standard InChI is InChI=1S/C23H25ClN6O4/c1-34-20-7-6-14(24)8-13(20)10-27-21(31)19-9-15(25)11-30(19)23(33)28-17-12-29(22(26)32)18-5-3-2-4-16(17)18/h2-8,12,15,19H,9-11,25H2,1H3,(H2,26,32)(H,27,31)(H,28,33)/t15-,19-/m0/s1. The van der Waals surface area contributed by atoms with E-state index >= 15 is 0 Å². The molecule has 1 aromatic heterocycles. The number of rotatable bonds is 5. The molecule has 3 aromatic rings. The van der Waals surface area contributed by atoms with E-state index in [2.05, 4.69) is 10.6 Å². The first-order chi connectivity index (χ1) is 16.3.